The fourth-order valence-corrected chi connectivity index (χ4v) is 4.14. The minimum Gasteiger partial charge on any atom is -0.434 e. The van der Waals surface area contributed by atoms with Gasteiger partial charge in [0.05, 0.1) is 17.1 Å². The zero-order chi connectivity index (χ0) is 18.0. The molecule has 1 aromatic heterocycles. The molecule has 8 heteroatoms. The van der Waals surface area contributed by atoms with Crippen LogP contribution in [-0.4, -0.2) is 22.0 Å². The lowest BCUT2D eigenvalue weighted by Crippen LogP contribution is -2.20. The van der Waals surface area contributed by atoms with Crippen LogP contribution in [0.4, 0.5) is 8.78 Å². The first-order valence-corrected chi connectivity index (χ1v) is 8.49. The standard InChI is InChI=1S/C18H13ClF2N4O/c19-8-4-5-10-12(6-8)25-13-7-11(17(25)24-10)23-16(22)9-2-1-3-14(15(9)13)26-18(20)21/h1-6,11,13,18H,7H2,(H2,22,23). The van der Waals surface area contributed by atoms with Crippen LogP contribution in [0.3, 0.4) is 0 Å². The number of amidine groups is 1. The molecule has 0 radical (unpaired) electrons. The second-order valence-corrected chi connectivity index (χ2v) is 6.79. The quantitative estimate of drug-likeness (QED) is 0.736. The van der Waals surface area contributed by atoms with Crippen molar-refractivity contribution in [1.82, 2.24) is 9.55 Å². The highest BCUT2D eigenvalue weighted by molar-refractivity contribution is 6.31. The lowest BCUT2D eigenvalue weighted by atomic mass is 9.97. The van der Waals surface area contributed by atoms with E-state index in [1.807, 2.05) is 16.7 Å². The van der Waals surface area contributed by atoms with Gasteiger partial charge in [-0.1, -0.05) is 23.7 Å². The van der Waals surface area contributed by atoms with Gasteiger partial charge in [-0.25, -0.2) is 4.98 Å². The van der Waals surface area contributed by atoms with Crippen molar-refractivity contribution in [3.63, 3.8) is 0 Å². The van der Waals surface area contributed by atoms with Crippen molar-refractivity contribution in [1.29, 1.82) is 0 Å². The van der Waals surface area contributed by atoms with E-state index in [1.54, 1.807) is 18.2 Å². The van der Waals surface area contributed by atoms with Crippen LogP contribution in [-0.2, 0) is 0 Å². The number of nitrogens with zero attached hydrogens (tertiary/aromatic N) is 3. The van der Waals surface area contributed by atoms with E-state index < -0.39 is 6.61 Å². The van der Waals surface area contributed by atoms with Crippen LogP contribution in [0.25, 0.3) is 11.0 Å². The highest BCUT2D eigenvalue weighted by Crippen LogP contribution is 2.48. The molecule has 0 saturated carbocycles. The second-order valence-electron chi connectivity index (χ2n) is 6.35. The molecule has 0 amide bonds. The number of aromatic nitrogens is 2. The highest BCUT2D eigenvalue weighted by Gasteiger charge is 2.40. The van der Waals surface area contributed by atoms with Gasteiger partial charge in [-0.15, -0.1) is 0 Å². The Morgan fingerprint density at radius 1 is 1.27 bits per heavy atom. The number of imidazole rings is 1. The van der Waals surface area contributed by atoms with Crippen molar-refractivity contribution in [2.75, 3.05) is 0 Å². The number of halogens is 3. The van der Waals surface area contributed by atoms with Crippen molar-refractivity contribution < 1.29 is 13.5 Å². The molecule has 132 valence electrons. The van der Waals surface area contributed by atoms with Gasteiger partial charge in [-0.05, 0) is 24.3 Å². The number of benzene rings is 2. The van der Waals surface area contributed by atoms with Gasteiger partial charge < -0.3 is 15.0 Å². The summed E-state index contributed by atoms with van der Waals surface area (Å²) in [7, 11) is 0. The summed E-state index contributed by atoms with van der Waals surface area (Å²) in [4.78, 5) is 9.26. The van der Waals surface area contributed by atoms with Gasteiger partial charge in [0, 0.05) is 22.6 Å². The summed E-state index contributed by atoms with van der Waals surface area (Å²) < 4.78 is 32.7. The summed E-state index contributed by atoms with van der Waals surface area (Å²) in [5.41, 5.74) is 9.00. The summed E-state index contributed by atoms with van der Waals surface area (Å²) in [6.45, 7) is -2.92. The van der Waals surface area contributed by atoms with Crippen LogP contribution in [0.5, 0.6) is 5.75 Å². The van der Waals surface area contributed by atoms with Crippen molar-refractivity contribution in [3.8, 4) is 5.75 Å². The van der Waals surface area contributed by atoms with Crippen molar-refractivity contribution >= 4 is 28.5 Å². The van der Waals surface area contributed by atoms with Crippen LogP contribution in [0, 0.1) is 0 Å². The molecule has 3 aromatic rings. The highest BCUT2D eigenvalue weighted by atomic mass is 35.5. The van der Waals surface area contributed by atoms with Crippen LogP contribution in [0.15, 0.2) is 41.4 Å². The van der Waals surface area contributed by atoms with Crippen molar-refractivity contribution in [2.45, 2.75) is 25.1 Å². The van der Waals surface area contributed by atoms with Gasteiger partial charge in [0.1, 0.15) is 23.5 Å². The van der Waals surface area contributed by atoms with Crippen LogP contribution >= 0.6 is 11.6 Å². The Morgan fingerprint density at radius 3 is 2.92 bits per heavy atom. The molecule has 2 atom stereocenters. The van der Waals surface area contributed by atoms with Gasteiger partial charge in [0.2, 0.25) is 0 Å². The van der Waals surface area contributed by atoms with E-state index in [0.717, 1.165) is 16.9 Å². The van der Waals surface area contributed by atoms with E-state index in [0.29, 0.717) is 28.4 Å². The lowest BCUT2D eigenvalue weighted by molar-refractivity contribution is -0.0506. The molecule has 26 heavy (non-hydrogen) atoms. The van der Waals surface area contributed by atoms with E-state index in [9.17, 15) is 8.78 Å². The Bertz CT molecular complexity index is 1080. The molecule has 2 aliphatic heterocycles. The minimum atomic E-state index is -2.92. The molecule has 5 rings (SSSR count). The van der Waals surface area contributed by atoms with Crippen molar-refractivity contribution in [2.24, 2.45) is 10.7 Å². The molecule has 0 saturated heterocycles. The fraction of sp³-hybridized carbons (Fsp3) is 0.222. The van der Waals surface area contributed by atoms with E-state index in [4.69, 9.17) is 22.1 Å². The maximum atomic E-state index is 13.0. The zero-order valence-corrected chi connectivity index (χ0v) is 14.1. The van der Waals surface area contributed by atoms with Crippen LogP contribution in [0.1, 0.15) is 35.5 Å². The first-order valence-electron chi connectivity index (χ1n) is 8.11. The molecule has 2 unspecified atom stereocenters. The SMILES string of the molecule is NC1=NC2CC(c3c(OC(F)F)cccc31)n1c2nc2ccc(Cl)cc21. The number of fused-ring (bicyclic) bond motifs is 9. The monoisotopic (exact) mass is 374 g/mol. The van der Waals surface area contributed by atoms with E-state index in [1.165, 1.54) is 6.07 Å². The molecule has 2 aromatic carbocycles. The topological polar surface area (TPSA) is 65.4 Å². The van der Waals surface area contributed by atoms with Crippen LogP contribution < -0.4 is 10.5 Å². The Kier molecular flexibility index (Phi) is 3.24. The van der Waals surface area contributed by atoms with E-state index >= 15 is 0 Å². The first-order chi connectivity index (χ1) is 12.5. The lowest BCUT2D eigenvalue weighted by Gasteiger charge is -2.21. The largest absolute Gasteiger partial charge is 0.434 e. The molecule has 0 spiro atoms. The number of nitrogens with two attached hydrogens (primary N) is 1. The molecular formula is C18H13ClF2N4O. The fourth-order valence-electron chi connectivity index (χ4n) is 3.97. The Hall–Kier alpha value is -2.67. The smallest absolute Gasteiger partial charge is 0.387 e. The van der Waals surface area contributed by atoms with Gasteiger partial charge in [0.15, 0.2) is 0 Å². The predicted molar refractivity (Wildman–Crippen MR) is 94.0 cm³/mol. The Labute approximate surface area is 152 Å². The number of alkyl halides is 2. The number of hydrogen-bond acceptors (Lipinski definition) is 4. The molecule has 5 nitrogen and oxygen atoms in total. The number of ether oxygens (including phenoxy) is 1. The van der Waals surface area contributed by atoms with Gasteiger partial charge >= 0.3 is 6.61 Å². The number of aliphatic imine (C=N–C) groups is 1. The third-order valence-electron chi connectivity index (χ3n) is 4.92. The summed E-state index contributed by atoms with van der Waals surface area (Å²) in [6.07, 6.45) is 0.585. The molecule has 0 aliphatic carbocycles. The maximum absolute atomic E-state index is 13.0. The molecule has 2 aliphatic rings. The Morgan fingerprint density at radius 2 is 2.12 bits per heavy atom. The van der Waals surface area contributed by atoms with E-state index in [-0.39, 0.29) is 17.8 Å². The van der Waals surface area contributed by atoms with Gasteiger partial charge in [-0.2, -0.15) is 8.78 Å². The first kappa shape index (κ1) is 15.6. The number of rotatable bonds is 2. The molecule has 2 N–H and O–H groups in total. The normalized spacial score (nSPS) is 20.7. The average Bonchev–Trinajstić information content (AvgIpc) is 3.07. The summed E-state index contributed by atoms with van der Waals surface area (Å²) in [5.74, 6) is 1.18. The van der Waals surface area contributed by atoms with Crippen molar-refractivity contribution in [3.05, 3.63) is 58.4 Å². The summed E-state index contributed by atoms with van der Waals surface area (Å²) in [6, 6.07) is 9.89. The predicted octanol–water partition coefficient (Wildman–Crippen LogP) is 4.04. The summed E-state index contributed by atoms with van der Waals surface area (Å²) >= 11 is 6.16. The molecule has 0 fully saturated rings. The third-order valence-corrected chi connectivity index (χ3v) is 5.16. The van der Waals surface area contributed by atoms with E-state index in [2.05, 4.69) is 9.98 Å². The van der Waals surface area contributed by atoms with Gasteiger partial charge in [0.25, 0.3) is 0 Å². The Balaban J connectivity index is 1.81. The van der Waals surface area contributed by atoms with Gasteiger partial charge in [-0.3, -0.25) is 4.99 Å². The molecule has 2 bridgehead atoms. The number of hydrogen-bond donors (Lipinski definition) is 1. The maximum Gasteiger partial charge on any atom is 0.387 e. The third kappa shape index (κ3) is 2.13. The summed E-state index contributed by atoms with van der Waals surface area (Å²) in [5, 5.41) is 0.583. The molecule has 3 heterocycles. The molecular weight excluding hydrogens is 362 g/mol. The average molecular weight is 375 g/mol. The second kappa shape index (κ2) is 5.41. The zero-order valence-electron chi connectivity index (χ0n) is 13.4. The minimum absolute atomic E-state index is 0.109. The van der Waals surface area contributed by atoms with Crippen LogP contribution in [0.2, 0.25) is 5.02 Å².